The Morgan fingerprint density at radius 1 is 1.03 bits per heavy atom. The number of hydrogen-bond donors (Lipinski definition) is 2. The van der Waals surface area contributed by atoms with Crippen molar-refractivity contribution >= 4 is 29.3 Å². The van der Waals surface area contributed by atoms with E-state index < -0.39 is 5.41 Å². The smallest absolute Gasteiger partial charge is 0.230 e. The highest BCUT2D eigenvalue weighted by Gasteiger charge is 2.42. The molecule has 1 saturated carbocycles. The van der Waals surface area contributed by atoms with Gasteiger partial charge in [-0.2, -0.15) is 4.98 Å². The van der Waals surface area contributed by atoms with Crippen molar-refractivity contribution in [3.05, 3.63) is 46.6 Å². The number of aryl methyl sites for hydroxylation is 1. The zero-order valence-electron chi connectivity index (χ0n) is 18.3. The van der Waals surface area contributed by atoms with Crippen molar-refractivity contribution in [3.63, 3.8) is 0 Å². The predicted molar refractivity (Wildman–Crippen MR) is 126 cm³/mol. The molecule has 0 radical (unpaired) electrons. The third-order valence-electron chi connectivity index (χ3n) is 6.50. The summed E-state index contributed by atoms with van der Waals surface area (Å²) in [5.41, 5.74) is 1.58. The van der Waals surface area contributed by atoms with Crippen LogP contribution < -0.4 is 15.5 Å². The Morgan fingerprint density at radius 3 is 2.45 bits per heavy atom. The largest absolute Gasteiger partial charge is 0.356 e. The molecule has 2 heterocycles. The lowest BCUT2D eigenvalue weighted by Crippen LogP contribution is -2.44. The molecule has 166 valence electrons. The molecule has 1 amide bonds. The molecule has 2 aromatic rings. The summed E-state index contributed by atoms with van der Waals surface area (Å²) in [7, 11) is 0. The van der Waals surface area contributed by atoms with E-state index in [0.717, 1.165) is 55.8 Å². The number of rotatable bonds is 7. The van der Waals surface area contributed by atoms with Gasteiger partial charge in [-0.15, -0.1) is 0 Å². The van der Waals surface area contributed by atoms with E-state index in [-0.39, 0.29) is 5.91 Å². The van der Waals surface area contributed by atoms with Crippen LogP contribution in [0.1, 0.15) is 56.2 Å². The van der Waals surface area contributed by atoms with Crippen LogP contribution in [0.15, 0.2) is 30.3 Å². The zero-order chi connectivity index (χ0) is 21.7. The molecule has 0 spiro atoms. The highest BCUT2D eigenvalue weighted by molar-refractivity contribution is 6.30. The van der Waals surface area contributed by atoms with Crippen LogP contribution >= 0.6 is 11.6 Å². The van der Waals surface area contributed by atoms with Crippen LogP contribution in [-0.4, -0.2) is 42.1 Å². The molecule has 4 rings (SSSR count). The minimum Gasteiger partial charge on any atom is -0.356 e. The van der Waals surface area contributed by atoms with Crippen LogP contribution in [0.2, 0.25) is 5.02 Å². The summed E-state index contributed by atoms with van der Waals surface area (Å²) in [4.78, 5) is 24.7. The SMILES string of the molecule is Cc1cc(N2CCCCC2)nc(NCCNC(=O)C2(c3ccc(Cl)cc3)CCCC2)n1. The van der Waals surface area contributed by atoms with E-state index in [0.29, 0.717) is 24.1 Å². The highest BCUT2D eigenvalue weighted by Crippen LogP contribution is 2.41. The fraction of sp³-hybridized carbons (Fsp3) is 0.542. The second-order valence-electron chi connectivity index (χ2n) is 8.72. The van der Waals surface area contributed by atoms with Crippen molar-refractivity contribution < 1.29 is 4.79 Å². The summed E-state index contributed by atoms with van der Waals surface area (Å²) in [5.74, 6) is 1.72. The van der Waals surface area contributed by atoms with Crippen LogP contribution in [0.25, 0.3) is 0 Å². The van der Waals surface area contributed by atoms with E-state index in [1.807, 2.05) is 37.3 Å². The molecule has 0 bridgehead atoms. The summed E-state index contributed by atoms with van der Waals surface area (Å²) in [6.07, 6.45) is 7.64. The lowest BCUT2D eigenvalue weighted by atomic mass is 9.78. The molecule has 2 fully saturated rings. The zero-order valence-corrected chi connectivity index (χ0v) is 19.0. The average molecular weight is 442 g/mol. The Kier molecular flexibility index (Phi) is 6.96. The summed E-state index contributed by atoms with van der Waals surface area (Å²) in [5, 5.41) is 7.13. The summed E-state index contributed by atoms with van der Waals surface area (Å²) < 4.78 is 0. The molecule has 1 saturated heterocycles. The highest BCUT2D eigenvalue weighted by atomic mass is 35.5. The monoisotopic (exact) mass is 441 g/mol. The van der Waals surface area contributed by atoms with Crippen molar-refractivity contribution in [2.45, 2.75) is 57.3 Å². The van der Waals surface area contributed by atoms with Gasteiger partial charge in [0.25, 0.3) is 0 Å². The number of benzene rings is 1. The number of aromatic nitrogens is 2. The Balaban J connectivity index is 1.34. The van der Waals surface area contributed by atoms with E-state index in [9.17, 15) is 4.79 Å². The second-order valence-corrected chi connectivity index (χ2v) is 9.15. The molecule has 1 aromatic heterocycles. The van der Waals surface area contributed by atoms with Crippen molar-refractivity contribution in [2.75, 3.05) is 36.4 Å². The number of amides is 1. The van der Waals surface area contributed by atoms with Crippen LogP contribution in [0, 0.1) is 6.92 Å². The first-order valence-corrected chi connectivity index (χ1v) is 11.8. The van der Waals surface area contributed by atoms with Gasteiger partial charge in [0.15, 0.2) is 0 Å². The van der Waals surface area contributed by atoms with Gasteiger partial charge < -0.3 is 15.5 Å². The first-order valence-electron chi connectivity index (χ1n) is 11.5. The Bertz CT molecular complexity index is 889. The average Bonchev–Trinajstić information content (AvgIpc) is 3.28. The maximum atomic E-state index is 13.2. The summed E-state index contributed by atoms with van der Waals surface area (Å²) in [6.45, 7) is 5.23. The Labute approximate surface area is 189 Å². The maximum absolute atomic E-state index is 13.2. The van der Waals surface area contributed by atoms with Gasteiger partial charge in [0.1, 0.15) is 5.82 Å². The minimum absolute atomic E-state index is 0.105. The molecule has 7 heteroatoms. The van der Waals surface area contributed by atoms with Crippen molar-refractivity contribution in [3.8, 4) is 0 Å². The van der Waals surface area contributed by atoms with E-state index in [2.05, 4.69) is 20.5 Å². The normalized spacial score (nSPS) is 18.1. The molecule has 0 atom stereocenters. The third-order valence-corrected chi connectivity index (χ3v) is 6.75. The Hall–Kier alpha value is -2.34. The molecular formula is C24H32ClN5O. The van der Waals surface area contributed by atoms with Gasteiger partial charge in [0, 0.05) is 43.0 Å². The molecule has 0 unspecified atom stereocenters. The molecular weight excluding hydrogens is 410 g/mol. The topological polar surface area (TPSA) is 70.2 Å². The number of piperidine rings is 1. The van der Waals surface area contributed by atoms with Crippen LogP contribution in [-0.2, 0) is 10.2 Å². The number of anilines is 2. The Morgan fingerprint density at radius 2 is 1.74 bits per heavy atom. The van der Waals surface area contributed by atoms with E-state index >= 15 is 0 Å². The van der Waals surface area contributed by atoms with E-state index in [1.165, 1.54) is 19.3 Å². The first kappa shape index (κ1) is 21.9. The molecule has 2 aliphatic rings. The molecule has 1 aliphatic carbocycles. The maximum Gasteiger partial charge on any atom is 0.230 e. The molecule has 31 heavy (non-hydrogen) atoms. The fourth-order valence-corrected chi connectivity index (χ4v) is 4.96. The van der Waals surface area contributed by atoms with Gasteiger partial charge in [-0.1, -0.05) is 36.6 Å². The number of carbonyl (C=O) groups excluding carboxylic acids is 1. The fourth-order valence-electron chi connectivity index (χ4n) is 4.83. The van der Waals surface area contributed by atoms with Crippen LogP contribution in [0.5, 0.6) is 0 Å². The van der Waals surface area contributed by atoms with E-state index in [1.54, 1.807) is 0 Å². The third kappa shape index (κ3) is 5.12. The molecule has 6 nitrogen and oxygen atoms in total. The summed E-state index contributed by atoms with van der Waals surface area (Å²) >= 11 is 6.05. The van der Waals surface area contributed by atoms with Gasteiger partial charge >= 0.3 is 0 Å². The number of hydrogen-bond acceptors (Lipinski definition) is 5. The van der Waals surface area contributed by atoms with Crippen LogP contribution in [0.3, 0.4) is 0 Å². The molecule has 2 N–H and O–H groups in total. The van der Waals surface area contributed by atoms with Gasteiger partial charge in [-0.25, -0.2) is 4.98 Å². The minimum atomic E-state index is -0.439. The lowest BCUT2D eigenvalue weighted by Gasteiger charge is -2.28. The lowest BCUT2D eigenvalue weighted by molar-refractivity contribution is -0.126. The number of carbonyl (C=O) groups is 1. The molecule has 1 aliphatic heterocycles. The standard InChI is InChI=1S/C24H32ClN5O/c1-18-17-21(30-15-5-2-6-16-30)29-23(28-18)27-14-13-26-22(31)24(11-3-4-12-24)19-7-9-20(25)10-8-19/h7-10,17H,2-6,11-16H2,1H3,(H,26,31)(H,27,28,29). The van der Waals surface area contributed by atoms with Gasteiger partial charge in [0.2, 0.25) is 11.9 Å². The van der Waals surface area contributed by atoms with Gasteiger partial charge in [0.05, 0.1) is 5.41 Å². The quantitative estimate of drug-likeness (QED) is 0.620. The second kappa shape index (κ2) is 9.86. The van der Waals surface area contributed by atoms with Gasteiger partial charge in [-0.3, -0.25) is 4.79 Å². The van der Waals surface area contributed by atoms with Gasteiger partial charge in [-0.05, 0) is 56.7 Å². The van der Waals surface area contributed by atoms with E-state index in [4.69, 9.17) is 16.6 Å². The summed E-state index contributed by atoms with van der Waals surface area (Å²) in [6, 6.07) is 9.79. The van der Waals surface area contributed by atoms with Crippen molar-refractivity contribution in [1.29, 1.82) is 0 Å². The predicted octanol–water partition coefficient (Wildman–Crippen LogP) is 4.47. The molecule has 1 aromatic carbocycles. The first-order chi connectivity index (χ1) is 15.1. The van der Waals surface area contributed by atoms with Crippen molar-refractivity contribution in [1.82, 2.24) is 15.3 Å². The number of halogens is 1. The number of nitrogens with zero attached hydrogens (tertiary/aromatic N) is 3. The number of nitrogens with one attached hydrogen (secondary N) is 2. The van der Waals surface area contributed by atoms with Crippen molar-refractivity contribution in [2.24, 2.45) is 0 Å². The van der Waals surface area contributed by atoms with Crippen LogP contribution in [0.4, 0.5) is 11.8 Å².